The molecule has 1 rings (SSSR count). The number of carbonyl (C=O) groups excluding carboxylic acids is 1. The van der Waals surface area contributed by atoms with Gasteiger partial charge in [-0.1, -0.05) is 18.2 Å². The van der Waals surface area contributed by atoms with Crippen LogP contribution in [0.15, 0.2) is 35.2 Å². The normalized spacial score (nSPS) is 12.4. The molecule has 1 atom stereocenters. The van der Waals surface area contributed by atoms with Crippen LogP contribution >= 0.6 is 0 Å². The zero-order valence-corrected chi connectivity index (χ0v) is 9.05. The van der Waals surface area contributed by atoms with Crippen LogP contribution in [0.1, 0.15) is 19.8 Å². The molecule has 0 radical (unpaired) electrons. The fraction of sp³-hybridized carbons (Fsp3) is 0.364. The number of benzene rings is 1. The van der Waals surface area contributed by atoms with Crippen LogP contribution in [0.5, 0.6) is 0 Å². The summed E-state index contributed by atoms with van der Waals surface area (Å²) in [5.74, 6) is 0.735. The Morgan fingerprint density at radius 3 is 2.50 bits per heavy atom. The molecule has 0 aliphatic heterocycles. The summed E-state index contributed by atoms with van der Waals surface area (Å²) >= 11 is 0. The fourth-order valence-electron chi connectivity index (χ4n) is 1.14. The molecule has 76 valence electrons. The first-order valence-corrected chi connectivity index (χ1v) is 5.95. The van der Waals surface area contributed by atoms with E-state index in [1.807, 2.05) is 30.3 Å². The van der Waals surface area contributed by atoms with Gasteiger partial charge >= 0.3 is 0 Å². The van der Waals surface area contributed by atoms with Gasteiger partial charge in [0.15, 0.2) is 0 Å². The summed E-state index contributed by atoms with van der Waals surface area (Å²) < 4.78 is 11.6. The summed E-state index contributed by atoms with van der Waals surface area (Å²) in [7, 11) is -0.952. The Hall–Kier alpha value is -0.960. The minimum atomic E-state index is -0.952. The Morgan fingerprint density at radius 2 is 1.93 bits per heavy atom. The van der Waals surface area contributed by atoms with E-state index in [2.05, 4.69) is 0 Å². The van der Waals surface area contributed by atoms with Crippen LogP contribution in [-0.4, -0.2) is 15.7 Å². The highest BCUT2D eigenvalue weighted by molar-refractivity contribution is 7.85. The molecule has 1 unspecified atom stereocenters. The third-order valence-electron chi connectivity index (χ3n) is 1.86. The fourth-order valence-corrected chi connectivity index (χ4v) is 2.25. The summed E-state index contributed by atoms with van der Waals surface area (Å²) in [4.78, 5) is 11.5. The minimum Gasteiger partial charge on any atom is -0.300 e. The second-order valence-electron chi connectivity index (χ2n) is 3.17. The summed E-state index contributed by atoms with van der Waals surface area (Å²) in [6.07, 6.45) is 1.23. The zero-order chi connectivity index (χ0) is 10.4. The highest BCUT2D eigenvalue weighted by Crippen LogP contribution is 2.07. The number of hydrogen-bond donors (Lipinski definition) is 0. The van der Waals surface area contributed by atoms with Crippen molar-refractivity contribution >= 4 is 16.6 Å². The Morgan fingerprint density at radius 1 is 1.29 bits per heavy atom. The quantitative estimate of drug-likeness (QED) is 0.746. The van der Waals surface area contributed by atoms with Crippen LogP contribution in [-0.2, 0) is 15.6 Å². The highest BCUT2D eigenvalue weighted by Gasteiger charge is 2.02. The molecule has 3 heteroatoms. The number of carbonyl (C=O) groups is 1. The molecular weight excluding hydrogens is 196 g/mol. The van der Waals surface area contributed by atoms with Crippen LogP contribution in [0.2, 0.25) is 0 Å². The maximum Gasteiger partial charge on any atom is 0.129 e. The van der Waals surface area contributed by atoms with E-state index in [1.165, 1.54) is 0 Å². The molecule has 0 bridgehead atoms. The third-order valence-corrected chi connectivity index (χ3v) is 3.32. The maximum atomic E-state index is 11.6. The predicted molar refractivity (Wildman–Crippen MR) is 57.6 cm³/mol. The number of ketones is 1. The molecule has 0 fully saturated rings. The number of Topliss-reactive ketones (excluding diaryl/α,β-unsaturated/α-hetero) is 1. The maximum absolute atomic E-state index is 11.6. The monoisotopic (exact) mass is 210 g/mol. The van der Waals surface area contributed by atoms with Crippen LogP contribution in [0.3, 0.4) is 0 Å². The Balaban J connectivity index is 2.40. The van der Waals surface area contributed by atoms with Crippen molar-refractivity contribution in [2.75, 3.05) is 5.75 Å². The SMILES string of the molecule is CC(=O)CCCS(=O)c1ccccc1. The molecule has 14 heavy (non-hydrogen) atoms. The third kappa shape index (κ3) is 3.83. The van der Waals surface area contributed by atoms with Crippen LogP contribution in [0.25, 0.3) is 0 Å². The van der Waals surface area contributed by atoms with Crippen molar-refractivity contribution in [2.45, 2.75) is 24.7 Å². The lowest BCUT2D eigenvalue weighted by molar-refractivity contribution is -0.117. The molecule has 1 aromatic carbocycles. The molecule has 0 aliphatic rings. The van der Waals surface area contributed by atoms with Crippen molar-refractivity contribution in [3.05, 3.63) is 30.3 Å². The van der Waals surface area contributed by atoms with Crippen LogP contribution < -0.4 is 0 Å². The van der Waals surface area contributed by atoms with E-state index < -0.39 is 10.8 Å². The van der Waals surface area contributed by atoms with Gasteiger partial charge in [-0.2, -0.15) is 0 Å². The van der Waals surface area contributed by atoms with E-state index in [1.54, 1.807) is 6.92 Å². The van der Waals surface area contributed by atoms with Crippen LogP contribution in [0, 0.1) is 0 Å². The smallest absolute Gasteiger partial charge is 0.129 e. The number of hydrogen-bond acceptors (Lipinski definition) is 2. The summed E-state index contributed by atoms with van der Waals surface area (Å²) in [6.45, 7) is 1.56. The highest BCUT2D eigenvalue weighted by atomic mass is 32.2. The minimum absolute atomic E-state index is 0.162. The van der Waals surface area contributed by atoms with Gasteiger partial charge in [-0.15, -0.1) is 0 Å². The largest absolute Gasteiger partial charge is 0.300 e. The Kier molecular flexibility index (Phi) is 4.53. The van der Waals surface area contributed by atoms with Crippen molar-refractivity contribution in [3.8, 4) is 0 Å². The molecule has 0 aliphatic carbocycles. The molecule has 0 heterocycles. The summed E-state index contributed by atoms with van der Waals surface area (Å²) in [5.41, 5.74) is 0. The van der Waals surface area contributed by atoms with Gasteiger partial charge in [-0.3, -0.25) is 4.21 Å². The first-order valence-electron chi connectivity index (χ1n) is 4.63. The lowest BCUT2D eigenvalue weighted by Gasteiger charge is -2.00. The molecule has 1 aromatic rings. The van der Waals surface area contributed by atoms with E-state index >= 15 is 0 Å². The van der Waals surface area contributed by atoms with Gasteiger partial charge in [0.25, 0.3) is 0 Å². The number of rotatable bonds is 5. The van der Waals surface area contributed by atoms with E-state index in [0.29, 0.717) is 18.6 Å². The molecule has 0 aromatic heterocycles. The summed E-state index contributed by atoms with van der Waals surface area (Å²) in [6, 6.07) is 9.35. The molecular formula is C11H14O2S. The van der Waals surface area contributed by atoms with Crippen molar-refractivity contribution < 1.29 is 9.00 Å². The van der Waals surface area contributed by atoms with Crippen molar-refractivity contribution in [3.63, 3.8) is 0 Å². The van der Waals surface area contributed by atoms with Crippen molar-refractivity contribution in [2.24, 2.45) is 0 Å². The molecule has 0 saturated heterocycles. The lowest BCUT2D eigenvalue weighted by Crippen LogP contribution is -2.00. The van der Waals surface area contributed by atoms with E-state index in [0.717, 1.165) is 4.90 Å². The van der Waals surface area contributed by atoms with Gasteiger partial charge in [-0.25, -0.2) is 0 Å². The van der Waals surface area contributed by atoms with Crippen molar-refractivity contribution in [1.29, 1.82) is 0 Å². The topological polar surface area (TPSA) is 34.1 Å². The molecule has 0 N–H and O–H groups in total. The second-order valence-corrected chi connectivity index (χ2v) is 4.74. The van der Waals surface area contributed by atoms with Gasteiger partial charge in [0.05, 0.1) is 10.8 Å². The first kappa shape index (κ1) is 11.1. The standard InChI is InChI=1S/C11H14O2S/c1-10(12)6-5-9-14(13)11-7-3-2-4-8-11/h2-4,7-8H,5-6,9H2,1H3. The van der Waals surface area contributed by atoms with Gasteiger partial charge in [0, 0.05) is 17.1 Å². The Bertz CT molecular complexity index is 319. The van der Waals surface area contributed by atoms with E-state index in [-0.39, 0.29) is 5.78 Å². The molecule has 0 amide bonds. The van der Waals surface area contributed by atoms with Gasteiger partial charge in [0.1, 0.15) is 5.78 Å². The first-order chi connectivity index (χ1) is 6.70. The second kappa shape index (κ2) is 5.70. The zero-order valence-electron chi connectivity index (χ0n) is 8.23. The lowest BCUT2D eigenvalue weighted by atomic mass is 10.3. The average Bonchev–Trinajstić information content (AvgIpc) is 2.18. The molecule has 0 saturated carbocycles. The average molecular weight is 210 g/mol. The predicted octanol–water partition coefficient (Wildman–Crippen LogP) is 2.16. The van der Waals surface area contributed by atoms with Crippen molar-refractivity contribution in [1.82, 2.24) is 0 Å². The van der Waals surface area contributed by atoms with E-state index in [4.69, 9.17) is 0 Å². The van der Waals surface area contributed by atoms with Gasteiger partial charge in [-0.05, 0) is 25.5 Å². The summed E-state index contributed by atoms with van der Waals surface area (Å²) in [5, 5.41) is 0. The van der Waals surface area contributed by atoms with Crippen LogP contribution in [0.4, 0.5) is 0 Å². The molecule has 0 spiro atoms. The Labute approximate surface area is 86.8 Å². The molecule has 2 nitrogen and oxygen atoms in total. The van der Waals surface area contributed by atoms with E-state index in [9.17, 15) is 9.00 Å². The van der Waals surface area contributed by atoms with Gasteiger partial charge < -0.3 is 4.79 Å². The van der Waals surface area contributed by atoms with Gasteiger partial charge in [0.2, 0.25) is 0 Å².